The quantitative estimate of drug-likeness (QED) is 0.852. The zero-order chi connectivity index (χ0) is 15.5. The van der Waals surface area contributed by atoms with E-state index in [2.05, 4.69) is 41.6 Å². The summed E-state index contributed by atoms with van der Waals surface area (Å²) in [6.07, 6.45) is 7.91. The van der Waals surface area contributed by atoms with Crippen LogP contribution in [0.1, 0.15) is 55.9 Å². The van der Waals surface area contributed by atoms with Gasteiger partial charge in [-0.15, -0.1) is 0 Å². The molecule has 0 spiro atoms. The third kappa shape index (κ3) is 3.02. The highest BCUT2D eigenvalue weighted by Crippen LogP contribution is 2.38. The zero-order valence-corrected chi connectivity index (χ0v) is 13.5. The predicted octanol–water partition coefficient (Wildman–Crippen LogP) is 4.11. The van der Waals surface area contributed by atoms with E-state index in [9.17, 15) is 0 Å². The van der Waals surface area contributed by atoms with Crippen molar-refractivity contribution in [2.24, 2.45) is 0 Å². The Labute approximate surface area is 132 Å². The van der Waals surface area contributed by atoms with Crippen molar-refractivity contribution < 1.29 is 9.47 Å². The molecule has 1 aliphatic rings. The van der Waals surface area contributed by atoms with Gasteiger partial charge in [0.1, 0.15) is 5.75 Å². The number of rotatable bonds is 4. The summed E-state index contributed by atoms with van der Waals surface area (Å²) in [5, 5.41) is 0. The van der Waals surface area contributed by atoms with Crippen LogP contribution in [0, 0.1) is 0 Å². The topological polar surface area (TPSA) is 36.3 Å². The minimum absolute atomic E-state index is 0.119. The second kappa shape index (κ2) is 6.53. The molecule has 0 amide bonds. The van der Waals surface area contributed by atoms with E-state index in [1.807, 2.05) is 18.7 Å². The summed E-state index contributed by atoms with van der Waals surface area (Å²) >= 11 is 0. The lowest BCUT2D eigenvalue weighted by Crippen LogP contribution is -2.23. The summed E-state index contributed by atoms with van der Waals surface area (Å²) in [5.41, 5.74) is 2.51. The molecule has 22 heavy (non-hydrogen) atoms. The van der Waals surface area contributed by atoms with Gasteiger partial charge >= 0.3 is 0 Å². The Balaban J connectivity index is 1.76. The lowest BCUT2D eigenvalue weighted by Gasteiger charge is -2.31. The molecule has 1 aromatic heterocycles. The van der Waals surface area contributed by atoms with Gasteiger partial charge in [0.2, 0.25) is 0 Å². The molecule has 0 aliphatic carbocycles. The molecular formula is C18H24N2O2. The Kier molecular flexibility index (Phi) is 4.48. The normalized spacial score (nSPS) is 22.0. The molecule has 2 heterocycles. The number of methoxy groups -OCH3 is 1. The maximum absolute atomic E-state index is 6.15. The van der Waals surface area contributed by atoms with E-state index in [0.29, 0.717) is 12.0 Å². The molecule has 118 valence electrons. The number of hydrogen-bond donors (Lipinski definition) is 0. The number of aromatic nitrogens is 2. The van der Waals surface area contributed by atoms with Crippen LogP contribution in [-0.2, 0) is 4.74 Å². The average Bonchev–Trinajstić information content (AvgIpc) is 3.09. The van der Waals surface area contributed by atoms with Gasteiger partial charge in [0.05, 0.1) is 32.2 Å². The van der Waals surface area contributed by atoms with Gasteiger partial charge in [0, 0.05) is 18.0 Å². The average molecular weight is 300 g/mol. The van der Waals surface area contributed by atoms with E-state index in [1.54, 1.807) is 7.11 Å². The van der Waals surface area contributed by atoms with E-state index in [-0.39, 0.29) is 6.10 Å². The van der Waals surface area contributed by atoms with E-state index < -0.39 is 0 Å². The van der Waals surface area contributed by atoms with Crippen molar-refractivity contribution in [3.8, 4) is 5.75 Å². The number of hydrogen-bond acceptors (Lipinski definition) is 3. The van der Waals surface area contributed by atoms with Crippen LogP contribution >= 0.6 is 0 Å². The van der Waals surface area contributed by atoms with Crippen molar-refractivity contribution in [2.45, 2.75) is 44.8 Å². The summed E-state index contributed by atoms with van der Waals surface area (Å²) in [4.78, 5) is 4.12. The molecule has 4 nitrogen and oxygen atoms in total. The highest BCUT2D eigenvalue weighted by Gasteiger charge is 2.26. The highest BCUT2D eigenvalue weighted by molar-refractivity contribution is 5.40. The second-order valence-corrected chi connectivity index (χ2v) is 6.22. The SMILES string of the molecule is COc1ccc(C(C)C)cc1C1CCC(n2ccnc2)CO1. The molecule has 0 radical (unpaired) electrons. The van der Waals surface area contributed by atoms with Crippen molar-refractivity contribution in [1.29, 1.82) is 0 Å². The van der Waals surface area contributed by atoms with Gasteiger partial charge in [-0.25, -0.2) is 4.98 Å². The summed E-state index contributed by atoms with van der Waals surface area (Å²) < 4.78 is 13.8. The largest absolute Gasteiger partial charge is 0.496 e. The van der Waals surface area contributed by atoms with E-state index in [4.69, 9.17) is 9.47 Å². The fourth-order valence-electron chi connectivity index (χ4n) is 3.07. The van der Waals surface area contributed by atoms with Crippen molar-refractivity contribution in [3.05, 3.63) is 48.0 Å². The summed E-state index contributed by atoms with van der Waals surface area (Å²) in [7, 11) is 1.73. The third-order valence-electron chi connectivity index (χ3n) is 4.47. The number of benzene rings is 1. The molecule has 1 aromatic carbocycles. The summed E-state index contributed by atoms with van der Waals surface area (Å²) in [6.45, 7) is 5.14. The van der Waals surface area contributed by atoms with Crippen LogP contribution in [0.5, 0.6) is 5.75 Å². The van der Waals surface area contributed by atoms with Crippen molar-refractivity contribution in [3.63, 3.8) is 0 Å². The molecule has 2 aromatic rings. The van der Waals surface area contributed by atoms with Crippen molar-refractivity contribution in [2.75, 3.05) is 13.7 Å². The van der Waals surface area contributed by atoms with Crippen LogP contribution in [0.4, 0.5) is 0 Å². The van der Waals surface area contributed by atoms with Crippen molar-refractivity contribution >= 4 is 0 Å². The molecule has 1 fully saturated rings. The predicted molar refractivity (Wildman–Crippen MR) is 86.3 cm³/mol. The first-order valence-electron chi connectivity index (χ1n) is 7.96. The fourth-order valence-corrected chi connectivity index (χ4v) is 3.07. The fraction of sp³-hybridized carbons (Fsp3) is 0.500. The van der Waals surface area contributed by atoms with Crippen LogP contribution in [0.25, 0.3) is 0 Å². The van der Waals surface area contributed by atoms with Crippen LogP contribution in [-0.4, -0.2) is 23.3 Å². The van der Waals surface area contributed by atoms with Gasteiger partial charge in [-0.05, 0) is 36.5 Å². The lowest BCUT2D eigenvalue weighted by atomic mass is 9.94. The zero-order valence-electron chi connectivity index (χ0n) is 13.5. The van der Waals surface area contributed by atoms with Crippen molar-refractivity contribution in [1.82, 2.24) is 9.55 Å². The second-order valence-electron chi connectivity index (χ2n) is 6.22. The standard InChI is InChI=1S/C18H24N2O2/c1-13(2)14-4-6-17(21-3)16(10-14)18-7-5-15(11-22-18)20-9-8-19-12-20/h4,6,8-10,12-13,15,18H,5,7,11H2,1-3H3. The Morgan fingerprint density at radius 3 is 2.77 bits per heavy atom. The first kappa shape index (κ1) is 15.1. The van der Waals surface area contributed by atoms with Gasteiger partial charge in [-0.2, -0.15) is 0 Å². The van der Waals surface area contributed by atoms with Gasteiger partial charge in [0.25, 0.3) is 0 Å². The molecule has 2 unspecified atom stereocenters. The Bertz CT molecular complexity index is 600. The summed E-state index contributed by atoms with van der Waals surface area (Å²) in [6, 6.07) is 6.84. The number of imidazole rings is 1. The van der Waals surface area contributed by atoms with Crippen LogP contribution in [0.3, 0.4) is 0 Å². The Morgan fingerprint density at radius 2 is 2.18 bits per heavy atom. The lowest BCUT2D eigenvalue weighted by molar-refractivity contribution is -0.0142. The molecule has 0 bridgehead atoms. The first-order valence-corrected chi connectivity index (χ1v) is 7.96. The van der Waals surface area contributed by atoms with Gasteiger partial charge in [-0.1, -0.05) is 19.9 Å². The minimum atomic E-state index is 0.119. The third-order valence-corrected chi connectivity index (χ3v) is 4.47. The maximum Gasteiger partial charge on any atom is 0.124 e. The molecule has 1 saturated heterocycles. The van der Waals surface area contributed by atoms with E-state index in [1.165, 1.54) is 11.1 Å². The van der Waals surface area contributed by atoms with E-state index >= 15 is 0 Å². The van der Waals surface area contributed by atoms with Crippen LogP contribution in [0.15, 0.2) is 36.9 Å². The van der Waals surface area contributed by atoms with E-state index in [0.717, 1.165) is 25.2 Å². The minimum Gasteiger partial charge on any atom is -0.496 e. The smallest absolute Gasteiger partial charge is 0.124 e. The molecular weight excluding hydrogens is 276 g/mol. The van der Waals surface area contributed by atoms with Gasteiger partial charge in [0.15, 0.2) is 0 Å². The van der Waals surface area contributed by atoms with Gasteiger partial charge < -0.3 is 14.0 Å². The number of nitrogens with zero attached hydrogens (tertiary/aromatic N) is 2. The summed E-state index contributed by atoms with van der Waals surface area (Å²) in [5.74, 6) is 1.43. The molecule has 4 heteroatoms. The maximum atomic E-state index is 6.15. The molecule has 2 atom stereocenters. The monoisotopic (exact) mass is 300 g/mol. The molecule has 1 aliphatic heterocycles. The Hall–Kier alpha value is -1.81. The molecule has 0 saturated carbocycles. The molecule has 3 rings (SSSR count). The highest BCUT2D eigenvalue weighted by atomic mass is 16.5. The first-order chi connectivity index (χ1) is 10.7. The number of ether oxygens (including phenoxy) is 2. The van der Waals surface area contributed by atoms with Gasteiger partial charge in [-0.3, -0.25) is 0 Å². The van der Waals surface area contributed by atoms with Crippen LogP contribution < -0.4 is 4.74 Å². The molecule has 0 N–H and O–H groups in total. The van der Waals surface area contributed by atoms with Crippen LogP contribution in [0.2, 0.25) is 0 Å². The Morgan fingerprint density at radius 1 is 1.32 bits per heavy atom.